The molecule has 180 valence electrons. The highest BCUT2D eigenvalue weighted by atomic mass is 19.4. The number of nitrogens with one attached hydrogen (secondary N) is 1. The van der Waals surface area contributed by atoms with Gasteiger partial charge in [0.2, 0.25) is 5.88 Å². The topological polar surface area (TPSA) is 129 Å². The maximum atomic E-state index is 12.7. The molecule has 0 bridgehead atoms. The number of carbonyl (C=O) groups excluding carboxylic acids is 2. The average Bonchev–Trinajstić information content (AvgIpc) is 2.75. The van der Waals surface area contributed by atoms with Crippen LogP contribution < -0.4 is 10.1 Å². The van der Waals surface area contributed by atoms with Gasteiger partial charge in [0.15, 0.2) is 0 Å². The van der Waals surface area contributed by atoms with E-state index in [1.54, 1.807) is 0 Å². The molecule has 9 nitrogen and oxygen atoms in total. The molecule has 1 aromatic heterocycles. The number of halogens is 3. The predicted octanol–water partition coefficient (Wildman–Crippen LogP) is 2.28. The number of nitrogens with zero attached hydrogens (tertiary/aromatic N) is 2. The minimum absolute atomic E-state index is 0.0968. The van der Waals surface area contributed by atoms with Crippen LogP contribution in [0.3, 0.4) is 0 Å². The van der Waals surface area contributed by atoms with Gasteiger partial charge in [-0.25, -0.2) is 4.98 Å². The molecular weight excluding hydrogens is 447 g/mol. The monoisotopic (exact) mass is 471 g/mol. The maximum Gasteiger partial charge on any atom is 0.417 e. The Hall–Kier alpha value is -3.31. The van der Waals surface area contributed by atoms with E-state index in [4.69, 9.17) is 9.84 Å². The van der Waals surface area contributed by atoms with E-state index in [1.807, 2.05) is 0 Å². The number of rotatable bonds is 7. The molecule has 1 aliphatic heterocycles. The first-order valence-electron chi connectivity index (χ1n) is 10.5. The summed E-state index contributed by atoms with van der Waals surface area (Å²) in [5.74, 6) is -2.96. The lowest BCUT2D eigenvalue weighted by Crippen LogP contribution is -2.45. The predicted molar refractivity (Wildman–Crippen MR) is 107 cm³/mol. The molecule has 3 N–H and O–H groups in total. The van der Waals surface area contributed by atoms with Crippen molar-refractivity contribution in [2.24, 2.45) is 5.92 Å². The normalized spacial score (nSPS) is 21.7. The van der Waals surface area contributed by atoms with Gasteiger partial charge in [-0.3, -0.25) is 14.4 Å². The van der Waals surface area contributed by atoms with Gasteiger partial charge in [-0.15, -0.1) is 0 Å². The van der Waals surface area contributed by atoms with Gasteiger partial charge in [0.25, 0.3) is 11.8 Å². The minimum Gasteiger partial charge on any atom is -0.511 e. The largest absolute Gasteiger partial charge is 0.511 e. The molecule has 2 aliphatic rings. The Balaban J connectivity index is 1.50. The standard InChI is InChI=1S/C21H24F3N3O6/c22-21(23,24)13-3-6-16(25-9-13)33-14-4-1-12(2-5-14)11-27-8-7-15(28)18(20(27)32)19(31)26-10-17(29)30/h3,6,9,12,14,28H,1-2,4-5,7-8,10-11H2,(H,26,31)(H,29,30). The Bertz CT molecular complexity index is 924. The first-order valence-corrected chi connectivity index (χ1v) is 10.5. The number of ether oxygens (including phenoxy) is 1. The zero-order valence-corrected chi connectivity index (χ0v) is 17.6. The zero-order chi connectivity index (χ0) is 24.2. The number of pyridine rings is 1. The fourth-order valence-electron chi connectivity index (χ4n) is 3.93. The van der Waals surface area contributed by atoms with Gasteiger partial charge in [0.1, 0.15) is 24.0 Å². The molecule has 0 radical (unpaired) electrons. The molecule has 3 rings (SSSR count). The molecule has 2 heterocycles. The third-order valence-corrected chi connectivity index (χ3v) is 5.66. The molecule has 2 amide bonds. The first kappa shape index (κ1) is 24.3. The van der Waals surface area contributed by atoms with Crippen molar-refractivity contribution in [3.05, 3.63) is 35.2 Å². The number of carboxylic acids is 1. The van der Waals surface area contributed by atoms with Crippen molar-refractivity contribution in [1.29, 1.82) is 0 Å². The van der Waals surface area contributed by atoms with Crippen molar-refractivity contribution in [3.63, 3.8) is 0 Å². The van der Waals surface area contributed by atoms with E-state index in [0.29, 0.717) is 32.2 Å². The van der Waals surface area contributed by atoms with E-state index >= 15 is 0 Å². The summed E-state index contributed by atoms with van der Waals surface area (Å²) < 4.78 is 43.6. The Morgan fingerprint density at radius 2 is 1.91 bits per heavy atom. The van der Waals surface area contributed by atoms with E-state index in [1.165, 1.54) is 11.0 Å². The van der Waals surface area contributed by atoms with Crippen LogP contribution in [0.15, 0.2) is 29.7 Å². The van der Waals surface area contributed by atoms with Crippen LogP contribution >= 0.6 is 0 Å². The van der Waals surface area contributed by atoms with Crippen molar-refractivity contribution in [2.75, 3.05) is 19.6 Å². The van der Waals surface area contributed by atoms with Crippen LogP contribution in [0.4, 0.5) is 13.2 Å². The van der Waals surface area contributed by atoms with Crippen LogP contribution in [0, 0.1) is 5.92 Å². The highest BCUT2D eigenvalue weighted by molar-refractivity contribution is 6.19. The van der Waals surface area contributed by atoms with Gasteiger partial charge in [-0.1, -0.05) is 0 Å². The first-order chi connectivity index (χ1) is 15.5. The summed E-state index contributed by atoms with van der Waals surface area (Å²) in [5, 5.41) is 20.7. The third-order valence-electron chi connectivity index (χ3n) is 5.66. The summed E-state index contributed by atoms with van der Waals surface area (Å²) >= 11 is 0. The van der Waals surface area contributed by atoms with Crippen LogP contribution in [0.5, 0.6) is 5.88 Å². The van der Waals surface area contributed by atoms with Crippen LogP contribution in [-0.2, 0) is 20.6 Å². The van der Waals surface area contributed by atoms with Gasteiger partial charge in [0, 0.05) is 31.8 Å². The summed E-state index contributed by atoms with van der Waals surface area (Å²) in [4.78, 5) is 40.6. The molecule has 0 unspecified atom stereocenters. The van der Waals surface area contributed by atoms with Crippen LogP contribution in [0.25, 0.3) is 0 Å². The SMILES string of the molecule is O=C(O)CNC(=O)C1=C(O)CCN(CC2CCC(Oc3ccc(C(F)(F)F)cn3)CC2)C1=O. The number of aliphatic hydroxyl groups excluding tert-OH is 1. The van der Waals surface area contributed by atoms with Crippen molar-refractivity contribution in [1.82, 2.24) is 15.2 Å². The van der Waals surface area contributed by atoms with Gasteiger partial charge < -0.3 is 25.2 Å². The van der Waals surface area contributed by atoms with Crippen LogP contribution in [0.1, 0.15) is 37.7 Å². The van der Waals surface area contributed by atoms with Crippen molar-refractivity contribution < 1.29 is 42.5 Å². The molecule has 1 aromatic rings. The molecule has 1 aliphatic carbocycles. The molecule has 33 heavy (non-hydrogen) atoms. The molecule has 1 fully saturated rings. The molecule has 0 saturated heterocycles. The summed E-state index contributed by atoms with van der Waals surface area (Å²) in [6, 6.07) is 2.11. The average molecular weight is 471 g/mol. The van der Waals surface area contributed by atoms with Gasteiger partial charge >= 0.3 is 12.1 Å². The quantitative estimate of drug-likeness (QED) is 0.521. The second-order valence-corrected chi connectivity index (χ2v) is 8.04. The Labute approximate surface area is 187 Å². The maximum absolute atomic E-state index is 12.7. The van der Waals surface area contributed by atoms with Crippen LogP contribution in [-0.4, -0.2) is 63.6 Å². The van der Waals surface area contributed by atoms with Crippen molar-refractivity contribution >= 4 is 17.8 Å². The Kier molecular flexibility index (Phi) is 7.44. The fraction of sp³-hybridized carbons (Fsp3) is 0.524. The van der Waals surface area contributed by atoms with E-state index in [2.05, 4.69) is 10.3 Å². The highest BCUT2D eigenvalue weighted by Crippen LogP contribution is 2.31. The molecule has 0 spiro atoms. The smallest absolute Gasteiger partial charge is 0.417 e. The fourth-order valence-corrected chi connectivity index (χ4v) is 3.93. The summed E-state index contributed by atoms with van der Waals surface area (Å²) in [6.07, 6.45) is -1.18. The number of aromatic nitrogens is 1. The van der Waals surface area contributed by atoms with Crippen molar-refractivity contribution in [2.45, 2.75) is 44.4 Å². The number of carbonyl (C=O) groups is 3. The van der Waals surface area contributed by atoms with Gasteiger partial charge in [0.05, 0.1) is 5.56 Å². The van der Waals surface area contributed by atoms with E-state index in [0.717, 1.165) is 12.3 Å². The molecule has 12 heteroatoms. The van der Waals surface area contributed by atoms with E-state index < -0.39 is 41.6 Å². The number of alkyl halides is 3. The molecule has 1 saturated carbocycles. The Morgan fingerprint density at radius 3 is 2.48 bits per heavy atom. The number of aliphatic carboxylic acids is 1. The summed E-state index contributed by atoms with van der Waals surface area (Å²) in [5.41, 5.74) is -1.28. The Morgan fingerprint density at radius 1 is 1.21 bits per heavy atom. The van der Waals surface area contributed by atoms with Crippen molar-refractivity contribution in [3.8, 4) is 5.88 Å². The number of hydrogen-bond donors (Lipinski definition) is 3. The van der Waals surface area contributed by atoms with E-state index in [9.17, 15) is 32.7 Å². The number of carboxylic acid groups (broad SMARTS) is 1. The lowest BCUT2D eigenvalue weighted by atomic mass is 9.86. The molecular formula is C21H24F3N3O6. The lowest BCUT2D eigenvalue weighted by Gasteiger charge is -2.34. The second kappa shape index (κ2) is 10.1. The second-order valence-electron chi connectivity index (χ2n) is 8.04. The van der Waals surface area contributed by atoms with Crippen LogP contribution in [0.2, 0.25) is 0 Å². The lowest BCUT2D eigenvalue weighted by molar-refractivity contribution is -0.138. The minimum atomic E-state index is -4.46. The van der Waals surface area contributed by atoms with Gasteiger partial charge in [-0.2, -0.15) is 13.2 Å². The third kappa shape index (κ3) is 6.36. The van der Waals surface area contributed by atoms with E-state index in [-0.39, 0.29) is 36.6 Å². The zero-order valence-electron chi connectivity index (χ0n) is 17.6. The molecule has 0 aromatic carbocycles. The number of amides is 2. The number of aliphatic hydroxyl groups is 1. The summed E-state index contributed by atoms with van der Waals surface area (Å²) in [6.45, 7) is -0.0555. The summed E-state index contributed by atoms with van der Waals surface area (Å²) in [7, 11) is 0. The highest BCUT2D eigenvalue weighted by Gasteiger charge is 2.34. The van der Waals surface area contributed by atoms with Gasteiger partial charge in [-0.05, 0) is 37.7 Å². The molecule has 0 atom stereocenters. The number of hydrogen-bond acceptors (Lipinski definition) is 6.